The second kappa shape index (κ2) is 3.99. The molecule has 0 bridgehead atoms. The molecular weight excluding hydrogens is 222 g/mol. The number of hydrogen-bond acceptors (Lipinski definition) is 2. The third kappa shape index (κ3) is 1.83. The third-order valence-corrected chi connectivity index (χ3v) is 4.76. The Morgan fingerprint density at radius 3 is 2.61 bits per heavy atom. The fourth-order valence-electron chi connectivity index (χ4n) is 3.20. The molecule has 1 heterocycles. The van der Waals surface area contributed by atoms with E-state index in [-0.39, 0.29) is 11.0 Å². The zero-order valence-corrected chi connectivity index (χ0v) is 11.5. The summed E-state index contributed by atoms with van der Waals surface area (Å²) < 4.78 is 6.04. The van der Waals surface area contributed by atoms with E-state index in [2.05, 4.69) is 32.0 Å². The van der Waals surface area contributed by atoms with Crippen LogP contribution in [0.1, 0.15) is 50.7 Å². The standard InChI is InChI=1S/C16H23NO/c1-15(2)9-6-12-10-13(4-5-14(12)18-15)16(11-17)7-3-8-16/h4-5,10H,3,6-9,11,17H2,1-2H3. The molecular formula is C16H23NO. The summed E-state index contributed by atoms with van der Waals surface area (Å²) in [6.07, 6.45) is 6.02. The van der Waals surface area contributed by atoms with Gasteiger partial charge in [0.15, 0.2) is 0 Å². The minimum atomic E-state index is -0.0173. The van der Waals surface area contributed by atoms with Crippen LogP contribution in [0.4, 0.5) is 0 Å². The highest BCUT2D eigenvalue weighted by Gasteiger charge is 2.38. The zero-order chi connectivity index (χ0) is 12.8. The van der Waals surface area contributed by atoms with Gasteiger partial charge in [-0.2, -0.15) is 0 Å². The summed E-state index contributed by atoms with van der Waals surface area (Å²) in [4.78, 5) is 0. The van der Waals surface area contributed by atoms with Crippen LogP contribution in [0, 0.1) is 0 Å². The first-order valence-electron chi connectivity index (χ1n) is 7.07. The van der Waals surface area contributed by atoms with Crippen LogP contribution in [-0.2, 0) is 11.8 Å². The number of ether oxygens (including phenoxy) is 1. The Hall–Kier alpha value is -1.02. The van der Waals surface area contributed by atoms with Gasteiger partial charge in [0.05, 0.1) is 0 Å². The van der Waals surface area contributed by atoms with E-state index in [1.54, 1.807) is 0 Å². The first-order chi connectivity index (χ1) is 8.55. The molecule has 3 rings (SSSR count). The van der Waals surface area contributed by atoms with Crippen molar-refractivity contribution in [2.45, 2.75) is 57.0 Å². The molecule has 0 amide bonds. The molecule has 0 aromatic heterocycles. The molecule has 1 aromatic rings. The maximum atomic E-state index is 6.04. The van der Waals surface area contributed by atoms with Gasteiger partial charge in [-0.15, -0.1) is 0 Å². The monoisotopic (exact) mass is 245 g/mol. The molecule has 18 heavy (non-hydrogen) atoms. The Labute approximate surface area is 110 Å². The topological polar surface area (TPSA) is 35.2 Å². The highest BCUT2D eigenvalue weighted by molar-refractivity contribution is 5.43. The summed E-state index contributed by atoms with van der Waals surface area (Å²) in [6.45, 7) is 5.10. The Morgan fingerprint density at radius 2 is 2.00 bits per heavy atom. The average molecular weight is 245 g/mol. The zero-order valence-electron chi connectivity index (χ0n) is 11.5. The summed E-state index contributed by atoms with van der Waals surface area (Å²) >= 11 is 0. The summed E-state index contributed by atoms with van der Waals surface area (Å²) in [5.74, 6) is 1.07. The van der Waals surface area contributed by atoms with Crippen molar-refractivity contribution in [3.05, 3.63) is 29.3 Å². The van der Waals surface area contributed by atoms with Crippen molar-refractivity contribution in [2.24, 2.45) is 5.73 Å². The molecule has 1 aromatic carbocycles. The number of nitrogens with two attached hydrogens (primary N) is 1. The van der Waals surface area contributed by atoms with E-state index >= 15 is 0 Å². The average Bonchev–Trinajstić information content (AvgIpc) is 2.27. The quantitative estimate of drug-likeness (QED) is 0.868. The fourth-order valence-corrected chi connectivity index (χ4v) is 3.20. The van der Waals surface area contributed by atoms with Crippen LogP contribution < -0.4 is 10.5 Å². The number of hydrogen-bond donors (Lipinski definition) is 1. The summed E-state index contributed by atoms with van der Waals surface area (Å²) in [5.41, 5.74) is 9.03. The van der Waals surface area contributed by atoms with Gasteiger partial charge in [-0.05, 0) is 56.7 Å². The van der Waals surface area contributed by atoms with Gasteiger partial charge in [-0.25, -0.2) is 0 Å². The molecule has 1 aliphatic carbocycles. The van der Waals surface area contributed by atoms with Crippen LogP contribution in [0.5, 0.6) is 5.75 Å². The number of rotatable bonds is 2. The molecule has 2 N–H and O–H groups in total. The van der Waals surface area contributed by atoms with Crippen molar-refractivity contribution >= 4 is 0 Å². The summed E-state index contributed by atoms with van der Waals surface area (Å²) in [5, 5.41) is 0. The van der Waals surface area contributed by atoms with Gasteiger partial charge in [-0.1, -0.05) is 18.6 Å². The van der Waals surface area contributed by atoms with E-state index in [0.717, 1.165) is 25.1 Å². The third-order valence-electron chi connectivity index (χ3n) is 4.76. The predicted molar refractivity (Wildman–Crippen MR) is 74.1 cm³/mol. The van der Waals surface area contributed by atoms with Gasteiger partial charge in [0.25, 0.3) is 0 Å². The molecule has 98 valence electrons. The van der Waals surface area contributed by atoms with E-state index in [9.17, 15) is 0 Å². The Balaban J connectivity index is 1.93. The van der Waals surface area contributed by atoms with Gasteiger partial charge >= 0.3 is 0 Å². The van der Waals surface area contributed by atoms with Crippen LogP contribution in [0.15, 0.2) is 18.2 Å². The second-order valence-electron chi connectivity index (χ2n) is 6.52. The highest BCUT2D eigenvalue weighted by atomic mass is 16.5. The number of fused-ring (bicyclic) bond motifs is 1. The Kier molecular flexibility index (Phi) is 2.67. The molecule has 1 saturated carbocycles. The highest BCUT2D eigenvalue weighted by Crippen LogP contribution is 2.45. The van der Waals surface area contributed by atoms with Crippen LogP contribution >= 0.6 is 0 Å². The van der Waals surface area contributed by atoms with Crippen molar-refractivity contribution in [3.63, 3.8) is 0 Å². The molecule has 2 aliphatic rings. The molecule has 1 fully saturated rings. The normalized spacial score (nSPS) is 23.7. The molecule has 0 radical (unpaired) electrons. The van der Waals surface area contributed by atoms with Gasteiger partial charge in [0.2, 0.25) is 0 Å². The lowest BCUT2D eigenvalue weighted by Crippen LogP contribution is -2.41. The van der Waals surface area contributed by atoms with Crippen molar-refractivity contribution in [2.75, 3.05) is 6.54 Å². The lowest BCUT2D eigenvalue weighted by molar-refractivity contribution is 0.0844. The molecule has 0 spiro atoms. The number of benzene rings is 1. The lowest BCUT2D eigenvalue weighted by Gasteiger charge is -2.42. The van der Waals surface area contributed by atoms with Crippen molar-refractivity contribution in [1.29, 1.82) is 0 Å². The first-order valence-corrected chi connectivity index (χ1v) is 7.07. The van der Waals surface area contributed by atoms with Crippen LogP contribution in [0.25, 0.3) is 0 Å². The van der Waals surface area contributed by atoms with Crippen molar-refractivity contribution in [1.82, 2.24) is 0 Å². The minimum absolute atomic E-state index is 0.0173. The maximum absolute atomic E-state index is 6.04. The summed E-state index contributed by atoms with van der Waals surface area (Å²) in [7, 11) is 0. The van der Waals surface area contributed by atoms with Crippen molar-refractivity contribution in [3.8, 4) is 5.75 Å². The van der Waals surface area contributed by atoms with Crippen LogP contribution in [0.2, 0.25) is 0 Å². The van der Waals surface area contributed by atoms with Crippen LogP contribution in [-0.4, -0.2) is 12.1 Å². The minimum Gasteiger partial charge on any atom is -0.488 e. The molecule has 1 aliphatic heterocycles. The SMILES string of the molecule is CC1(C)CCc2cc(C3(CN)CCC3)ccc2O1. The molecule has 2 nitrogen and oxygen atoms in total. The Morgan fingerprint density at radius 1 is 1.22 bits per heavy atom. The van der Waals surface area contributed by atoms with Crippen molar-refractivity contribution < 1.29 is 4.74 Å². The van der Waals surface area contributed by atoms with Gasteiger partial charge in [0.1, 0.15) is 11.4 Å². The molecule has 0 atom stereocenters. The van der Waals surface area contributed by atoms with E-state index in [4.69, 9.17) is 10.5 Å². The predicted octanol–water partition coefficient (Wildman–Crippen LogP) is 3.17. The van der Waals surface area contributed by atoms with E-state index < -0.39 is 0 Å². The molecule has 0 unspecified atom stereocenters. The van der Waals surface area contributed by atoms with Gasteiger partial charge in [0, 0.05) is 12.0 Å². The van der Waals surface area contributed by atoms with Gasteiger partial charge < -0.3 is 10.5 Å². The van der Waals surface area contributed by atoms with E-state index in [1.165, 1.54) is 30.4 Å². The van der Waals surface area contributed by atoms with E-state index in [1.807, 2.05) is 0 Å². The fraction of sp³-hybridized carbons (Fsp3) is 0.625. The number of aryl methyl sites for hydroxylation is 1. The first kappa shape index (κ1) is 12.0. The lowest BCUT2D eigenvalue weighted by atomic mass is 9.64. The molecule has 0 saturated heterocycles. The van der Waals surface area contributed by atoms with Gasteiger partial charge in [-0.3, -0.25) is 0 Å². The van der Waals surface area contributed by atoms with Crippen LogP contribution in [0.3, 0.4) is 0 Å². The smallest absolute Gasteiger partial charge is 0.123 e. The Bertz CT molecular complexity index is 455. The summed E-state index contributed by atoms with van der Waals surface area (Å²) in [6, 6.07) is 6.73. The largest absolute Gasteiger partial charge is 0.488 e. The second-order valence-corrected chi connectivity index (χ2v) is 6.52. The maximum Gasteiger partial charge on any atom is 0.123 e. The molecule has 2 heteroatoms. The van der Waals surface area contributed by atoms with E-state index in [0.29, 0.717) is 0 Å².